The second-order valence-electron chi connectivity index (χ2n) is 3.87. The SMILES string of the molecule is C/C=C(\C)C(F)(F)C1=C(OC(F)(F)F)CCC=C1. The number of hydrogen-bond acceptors (Lipinski definition) is 1. The normalized spacial score (nSPS) is 18.3. The maximum absolute atomic E-state index is 13.9. The Kier molecular flexibility index (Phi) is 4.19. The zero-order chi connectivity index (χ0) is 14.0. The highest BCUT2D eigenvalue weighted by Crippen LogP contribution is 2.39. The summed E-state index contributed by atoms with van der Waals surface area (Å²) in [6, 6.07) is 0. The van der Waals surface area contributed by atoms with Gasteiger partial charge in [0.05, 0.1) is 5.57 Å². The molecule has 0 atom stereocenters. The standard InChI is InChI=1S/C12H13F5O/c1-3-8(2)11(13,14)9-6-4-5-7-10(9)18-12(15,16)17/h3-4,6H,5,7H2,1-2H3/b8-3+. The van der Waals surface area contributed by atoms with E-state index in [9.17, 15) is 22.0 Å². The van der Waals surface area contributed by atoms with Gasteiger partial charge in [0.15, 0.2) is 0 Å². The molecule has 1 aliphatic rings. The Balaban J connectivity index is 3.18. The Bertz CT molecular complexity index is 401. The van der Waals surface area contributed by atoms with Crippen molar-refractivity contribution in [2.24, 2.45) is 0 Å². The number of alkyl halides is 5. The first-order valence-electron chi connectivity index (χ1n) is 5.35. The Hall–Kier alpha value is -1.33. The van der Waals surface area contributed by atoms with Crippen LogP contribution < -0.4 is 0 Å². The topological polar surface area (TPSA) is 9.23 Å². The summed E-state index contributed by atoms with van der Waals surface area (Å²) in [7, 11) is 0. The molecule has 1 nitrogen and oxygen atoms in total. The number of ether oxygens (including phenoxy) is 1. The third-order valence-corrected chi connectivity index (χ3v) is 2.63. The first kappa shape index (κ1) is 14.7. The highest BCUT2D eigenvalue weighted by Gasteiger charge is 2.41. The van der Waals surface area contributed by atoms with E-state index < -0.39 is 23.6 Å². The lowest BCUT2D eigenvalue weighted by molar-refractivity contribution is -0.307. The first-order chi connectivity index (χ1) is 8.18. The van der Waals surface area contributed by atoms with Crippen LogP contribution in [-0.2, 0) is 4.74 Å². The Morgan fingerprint density at radius 2 is 1.89 bits per heavy atom. The highest BCUT2D eigenvalue weighted by atomic mass is 19.4. The minimum absolute atomic E-state index is 0.183. The molecule has 0 aliphatic heterocycles. The molecule has 18 heavy (non-hydrogen) atoms. The van der Waals surface area contributed by atoms with Gasteiger partial charge in [0.25, 0.3) is 5.92 Å². The molecule has 0 N–H and O–H groups in total. The van der Waals surface area contributed by atoms with E-state index in [1.54, 1.807) is 0 Å². The lowest BCUT2D eigenvalue weighted by atomic mass is 9.95. The summed E-state index contributed by atoms with van der Waals surface area (Å²) in [5.41, 5.74) is -1.03. The van der Waals surface area contributed by atoms with E-state index in [1.165, 1.54) is 26.0 Å². The predicted octanol–water partition coefficient (Wildman–Crippen LogP) is 4.73. The third-order valence-electron chi connectivity index (χ3n) is 2.63. The van der Waals surface area contributed by atoms with Gasteiger partial charge in [0, 0.05) is 6.42 Å². The minimum Gasteiger partial charge on any atom is -0.410 e. The van der Waals surface area contributed by atoms with Gasteiger partial charge in [-0.1, -0.05) is 18.2 Å². The molecule has 0 saturated carbocycles. The minimum atomic E-state index is -4.95. The van der Waals surface area contributed by atoms with Crippen LogP contribution in [0.4, 0.5) is 22.0 Å². The molecule has 0 bridgehead atoms. The average molecular weight is 268 g/mol. The molecule has 1 rings (SSSR count). The summed E-state index contributed by atoms with van der Waals surface area (Å²) in [6.45, 7) is 2.57. The quantitative estimate of drug-likeness (QED) is 0.531. The van der Waals surface area contributed by atoms with Crippen LogP contribution in [-0.4, -0.2) is 12.3 Å². The predicted molar refractivity (Wildman–Crippen MR) is 56.9 cm³/mol. The van der Waals surface area contributed by atoms with Crippen LogP contribution in [0.5, 0.6) is 0 Å². The highest BCUT2D eigenvalue weighted by molar-refractivity contribution is 5.39. The smallest absolute Gasteiger partial charge is 0.410 e. The molecule has 0 aromatic rings. The lowest BCUT2D eigenvalue weighted by Crippen LogP contribution is -2.25. The van der Waals surface area contributed by atoms with Crippen LogP contribution in [0.2, 0.25) is 0 Å². The second-order valence-corrected chi connectivity index (χ2v) is 3.87. The largest absolute Gasteiger partial charge is 0.572 e. The summed E-state index contributed by atoms with van der Waals surface area (Å²) in [5.74, 6) is -4.16. The molecule has 1 aliphatic carbocycles. The number of rotatable bonds is 3. The molecule has 102 valence electrons. The molecule has 0 aromatic carbocycles. The van der Waals surface area contributed by atoms with E-state index in [-0.39, 0.29) is 18.4 Å². The van der Waals surface area contributed by atoms with Crippen molar-refractivity contribution < 1.29 is 26.7 Å². The monoisotopic (exact) mass is 268 g/mol. The molecular formula is C12H13F5O. The molecule has 6 heteroatoms. The zero-order valence-electron chi connectivity index (χ0n) is 9.94. The van der Waals surface area contributed by atoms with Crippen LogP contribution in [0.25, 0.3) is 0 Å². The van der Waals surface area contributed by atoms with Gasteiger partial charge in [-0.15, -0.1) is 13.2 Å². The first-order valence-corrected chi connectivity index (χ1v) is 5.35. The van der Waals surface area contributed by atoms with E-state index >= 15 is 0 Å². The van der Waals surface area contributed by atoms with Gasteiger partial charge in [0.2, 0.25) is 0 Å². The van der Waals surface area contributed by atoms with E-state index in [1.807, 2.05) is 0 Å². The van der Waals surface area contributed by atoms with E-state index in [2.05, 4.69) is 4.74 Å². The lowest BCUT2D eigenvalue weighted by Gasteiger charge is -2.25. The molecule has 0 radical (unpaired) electrons. The zero-order valence-corrected chi connectivity index (χ0v) is 9.94. The summed E-state index contributed by atoms with van der Waals surface area (Å²) < 4.78 is 67.9. The molecule has 0 spiro atoms. The van der Waals surface area contributed by atoms with Crippen molar-refractivity contribution in [2.45, 2.75) is 39.0 Å². The number of allylic oxidation sites excluding steroid dienone is 6. The molecule has 0 amide bonds. The summed E-state index contributed by atoms with van der Waals surface area (Å²) >= 11 is 0. The second kappa shape index (κ2) is 5.12. The van der Waals surface area contributed by atoms with Crippen LogP contribution in [0, 0.1) is 0 Å². The average Bonchev–Trinajstić information content (AvgIpc) is 2.26. The van der Waals surface area contributed by atoms with Gasteiger partial charge in [-0.3, -0.25) is 0 Å². The van der Waals surface area contributed by atoms with Crippen molar-refractivity contribution in [1.29, 1.82) is 0 Å². The van der Waals surface area contributed by atoms with Gasteiger partial charge in [-0.2, -0.15) is 8.78 Å². The molecular weight excluding hydrogens is 255 g/mol. The van der Waals surface area contributed by atoms with E-state index in [0.29, 0.717) is 0 Å². The van der Waals surface area contributed by atoms with Crippen molar-refractivity contribution in [3.05, 3.63) is 35.1 Å². The van der Waals surface area contributed by atoms with Gasteiger partial charge >= 0.3 is 6.36 Å². The molecule has 0 unspecified atom stereocenters. The maximum atomic E-state index is 13.9. The van der Waals surface area contributed by atoms with E-state index in [0.717, 1.165) is 6.08 Å². The van der Waals surface area contributed by atoms with Crippen molar-refractivity contribution >= 4 is 0 Å². The van der Waals surface area contributed by atoms with Gasteiger partial charge < -0.3 is 4.74 Å². The van der Waals surface area contributed by atoms with Crippen molar-refractivity contribution in [3.8, 4) is 0 Å². The third kappa shape index (κ3) is 3.34. The van der Waals surface area contributed by atoms with Gasteiger partial charge in [-0.05, 0) is 25.8 Å². The van der Waals surface area contributed by atoms with Crippen LogP contribution in [0.1, 0.15) is 26.7 Å². The molecule has 0 heterocycles. The van der Waals surface area contributed by atoms with E-state index in [4.69, 9.17) is 0 Å². The maximum Gasteiger partial charge on any atom is 0.572 e. The molecule has 0 fully saturated rings. The summed E-state index contributed by atoms with van der Waals surface area (Å²) in [6.07, 6.45) is -1.31. The van der Waals surface area contributed by atoms with Crippen molar-refractivity contribution in [3.63, 3.8) is 0 Å². The van der Waals surface area contributed by atoms with Gasteiger partial charge in [0.1, 0.15) is 5.76 Å². The van der Waals surface area contributed by atoms with Crippen LogP contribution in [0.3, 0.4) is 0 Å². The fraction of sp³-hybridized carbons (Fsp3) is 0.500. The van der Waals surface area contributed by atoms with Crippen molar-refractivity contribution in [1.82, 2.24) is 0 Å². The Morgan fingerprint density at radius 1 is 1.28 bits per heavy atom. The van der Waals surface area contributed by atoms with Crippen molar-refractivity contribution in [2.75, 3.05) is 0 Å². The fourth-order valence-corrected chi connectivity index (χ4v) is 1.56. The number of hydrogen-bond donors (Lipinski definition) is 0. The Morgan fingerprint density at radius 3 is 2.39 bits per heavy atom. The van der Waals surface area contributed by atoms with Crippen LogP contribution in [0.15, 0.2) is 35.1 Å². The summed E-state index contributed by atoms with van der Waals surface area (Å²) in [5, 5.41) is 0. The number of halogens is 5. The summed E-state index contributed by atoms with van der Waals surface area (Å²) in [4.78, 5) is 0. The Labute approximate surface area is 102 Å². The molecule has 0 aromatic heterocycles. The molecule has 0 saturated heterocycles. The van der Waals surface area contributed by atoms with Gasteiger partial charge in [-0.25, -0.2) is 0 Å². The van der Waals surface area contributed by atoms with Crippen LogP contribution >= 0.6 is 0 Å². The fourth-order valence-electron chi connectivity index (χ4n) is 1.56.